The summed E-state index contributed by atoms with van der Waals surface area (Å²) >= 11 is 0. The molecular formula is C43H60O. The third kappa shape index (κ3) is 7.88. The highest BCUT2D eigenvalue weighted by molar-refractivity contribution is 5.47. The molecule has 0 aliphatic heterocycles. The van der Waals surface area contributed by atoms with Crippen molar-refractivity contribution in [1.29, 1.82) is 0 Å². The van der Waals surface area contributed by atoms with Crippen LogP contribution in [0.4, 0.5) is 0 Å². The Bertz CT molecular complexity index is 1330. The van der Waals surface area contributed by atoms with Crippen molar-refractivity contribution in [3.05, 3.63) is 105 Å². The molecule has 0 heterocycles. The maximum atomic E-state index is 6.47. The van der Waals surface area contributed by atoms with Crippen LogP contribution in [-0.4, -0.2) is 13.2 Å². The van der Waals surface area contributed by atoms with E-state index in [1.807, 2.05) is 7.11 Å². The van der Waals surface area contributed by atoms with Gasteiger partial charge in [0.1, 0.15) is 0 Å². The molecule has 0 saturated carbocycles. The van der Waals surface area contributed by atoms with Crippen molar-refractivity contribution < 1.29 is 4.74 Å². The Labute approximate surface area is 270 Å². The summed E-state index contributed by atoms with van der Waals surface area (Å²) in [6, 6.07) is 19.0. The maximum absolute atomic E-state index is 6.47. The highest BCUT2D eigenvalue weighted by Gasteiger charge is 2.38. The summed E-state index contributed by atoms with van der Waals surface area (Å²) < 4.78 is 6.47. The lowest BCUT2D eigenvalue weighted by Crippen LogP contribution is -2.31. The fourth-order valence-corrected chi connectivity index (χ4v) is 8.37. The number of hydrogen-bond acceptors (Lipinski definition) is 1. The summed E-state index contributed by atoms with van der Waals surface area (Å²) in [5, 5.41) is 0. The third-order valence-electron chi connectivity index (χ3n) is 11.4. The molecule has 2 aromatic carbocycles. The Hall–Kier alpha value is -2.38. The Morgan fingerprint density at radius 3 is 2.30 bits per heavy atom. The average molecular weight is 593 g/mol. The average Bonchev–Trinajstić information content (AvgIpc) is 3.21. The second-order valence-electron chi connectivity index (χ2n) is 14.9. The standard InChI is InChI=1S/C43H60O/c1-7-10-11-12-13-16-31-21-24-39(33(8-2)25-31)40-28-36-18-15-14-17-35(36)26-38-27-37(29-41(44-6)42(38)40)34-22-19-32(20-23-34)30-43(4,5)9-3/h14-15,17-20,22-23,25,37,40-41H,7-13,16,21,24,26-30H2,1-6H3. The summed E-state index contributed by atoms with van der Waals surface area (Å²) in [5.41, 5.74) is 14.7. The van der Waals surface area contributed by atoms with Gasteiger partial charge in [-0.3, -0.25) is 0 Å². The van der Waals surface area contributed by atoms with Crippen molar-refractivity contribution in [2.75, 3.05) is 7.11 Å². The number of unbranched alkanes of at least 4 members (excludes halogenated alkanes) is 4. The fraction of sp³-hybridized carbons (Fsp3) is 0.581. The molecule has 0 aromatic heterocycles. The van der Waals surface area contributed by atoms with Crippen molar-refractivity contribution in [3.63, 3.8) is 0 Å². The minimum atomic E-state index is 0.191. The number of ether oxygens (including phenoxy) is 1. The second kappa shape index (κ2) is 15.3. The van der Waals surface area contributed by atoms with Crippen LogP contribution in [-0.2, 0) is 24.0 Å². The Kier molecular flexibility index (Phi) is 11.5. The first-order valence-corrected chi connectivity index (χ1v) is 18.2. The predicted octanol–water partition coefficient (Wildman–Crippen LogP) is 12.1. The van der Waals surface area contributed by atoms with Gasteiger partial charge in [0.05, 0.1) is 6.10 Å². The van der Waals surface area contributed by atoms with Gasteiger partial charge in [0.2, 0.25) is 0 Å². The van der Waals surface area contributed by atoms with Crippen LogP contribution in [0.15, 0.2) is 82.5 Å². The number of hydrogen-bond donors (Lipinski definition) is 0. The number of fused-ring (bicyclic) bond motifs is 1. The summed E-state index contributed by atoms with van der Waals surface area (Å²) in [6.45, 7) is 11.8. The second-order valence-corrected chi connectivity index (χ2v) is 14.9. The Balaban J connectivity index is 1.45. The van der Waals surface area contributed by atoms with Gasteiger partial charge in [0, 0.05) is 13.0 Å². The lowest BCUT2D eigenvalue weighted by atomic mass is 9.69. The normalized spacial score (nSPS) is 22.4. The lowest BCUT2D eigenvalue weighted by Gasteiger charge is -2.38. The SMILES string of the molecule is CCCCCCCC1=CC(CC)=C(C2Cc3ccccc3CC3=C2C(OC)CC(c2ccc(CC(C)(C)CC)cc2)C3)CC1. The van der Waals surface area contributed by atoms with E-state index in [0.29, 0.717) is 17.3 Å². The highest BCUT2D eigenvalue weighted by Crippen LogP contribution is 2.48. The highest BCUT2D eigenvalue weighted by atomic mass is 16.5. The van der Waals surface area contributed by atoms with Gasteiger partial charge in [-0.2, -0.15) is 0 Å². The van der Waals surface area contributed by atoms with E-state index in [4.69, 9.17) is 4.74 Å². The number of methoxy groups -OCH3 is 1. The van der Waals surface area contributed by atoms with Gasteiger partial charge >= 0.3 is 0 Å². The molecule has 5 rings (SSSR count). The molecule has 0 saturated heterocycles. The van der Waals surface area contributed by atoms with Crippen LogP contribution in [0.1, 0.15) is 140 Å². The summed E-state index contributed by atoms with van der Waals surface area (Å²) in [7, 11) is 1.97. The molecule has 2 aromatic rings. The van der Waals surface area contributed by atoms with Crippen LogP contribution in [0.25, 0.3) is 0 Å². The molecule has 0 N–H and O–H groups in total. The summed E-state index contributed by atoms with van der Waals surface area (Å²) in [4.78, 5) is 0. The third-order valence-corrected chi connectivity index (χ3v) is 11.4. The zero-order valence-electron chi connectivity index (χ0n) is 28.9. The van der Waals surface area contributed by atoms with Crippen LogP contribution in [0.2, 0.25) is 0 Å². The Morgan fingerprint density at radius 1 is 0.841 bits per heavy atom. The van der Waals surface area contributed by atoms with Crippen molar-refractivity contribution in [2.24, 2.45) is 11.3 Å². The van der Waals surface area contributed by atoms with Gasteiger partial charge < -0.3 is 4.74 Å². The predicted molar refractivity (Wildman–Crippen MR) is 189 cm³/mol. The molecule has 1 nitrogen and oxygen atoms in total. The van der Waals surface area contributed by atoms with E-state index >= 15 is 0 Å². The Morgan fingerprint density at radius 2 is 1.59 bits per heavy atom. The number of rotatable bonds is 13. The van der Waals surface area contributed by atoms with Gasteiger partial charge in [-0.15, -0.1) is 0 Å². The molecule has 3 unspecified atom stereocenters. The molecule has 1 heteroatoms. The molecule has 3 atom stereocenters. The van der Waals surface area contributed by atoms with Gasteiger partial charge in [-0.25, -0.2) is 0 Å². The summed E-state index contributed by atoms with van der Waals surface area (Å²) in [6.07, 6.45) is 21.4. The van der Waals surface area contributed by atoms with E-state index in [0.717, 1.165) is 38.5 Å². The largest absolute Gasteiger partial charge is 0.377 e. The minimum Gasteiger partial charge on any atom is -0.377 e. The molecule has 44 heavy (non-hydrogen) atoms. The molecule has 238 valence electrons. The molecular weight excluding hydrogens is 532 g/mol. The smallest absolute Gasteiger partial charge is 0.0795 e. The van der Waals surface area contributed by atoms with Gasteiger partial charge in [-0.05, 0) is 109 Å². The first-order chi connectivity index (χ1) is 21.4. The molecule has 0 bridgehead atoms. The number of benzene rings is 2. The van der Waals surface area contributed by atoms with E-state index in [1.54, 1.807) is 33.4 Å². The van der Waals surface area contributed by atoms with Gasteiger partial charge in [0.25, 0.3) is 0 Å². The van der Waals surface area contributed by atoms with Crippen molar-refractivity contribution in [1.82, 2.24) is 0 Å². The topological polar surface area (TPSA) is 9.23 Å². The first-order valence-electron chi connectivity index (χ1n) is 18.2. The molecule has 3 aliphatic rings. The van der Waals surface area contributed by atoms with Crippen molar-refractivity contribution >= 4 is 0 Å². The first kappa shape index (κ1) is 33.0. The van der Waals surface area contributed by atoms with Crippen molar-refractivity contribution in [2.45, 2.75) is 143 Å². The quantitative estimate of drug-likeness (QED) is 0.166. The van der Waals surface area contributed by atoms with Gasteiger partial charge in [-0.1, -0.05) is 138 Å². The molecule has 0 spiro atoms. The van der Waals surface area contributed by atoms with E-state index in [2.05, 4.69) is 89.2 Å². The zero-order valence-corrected chi connectivity index (χ0v) is 28.9. The van der Waals surface area contributed by atoms with E-state index in [-0.39, 0.29) is 6.10 Å². The molecule has 0 radical (unpaired) electrons. The molecule has 0 fully saturated rings. The van der Waals surface area contributed by atoms with Crippen LogP contribution in [0.3, 0.4) is 0 Å². The molecule has 0 amide bonds. The monoisotopic (exact) mass is 592 g/mol. The zero-order chi connectivity index (χ0) is 31.1. The maximum Gasteiger partial charge on any atom is 0.0795 e. The van der Waals surface area contributed by atoms with Crippen molar-refractivity contribution in [3.8, 4) is 0 Å². The molecule has 3 aliphatic carbocycles. The van der Waals surface area contributed by atoms with E-state index in [9.17, 15) is 0 Å². The van der Waals surface area contributed by atoms with E-state index < -0.39 is 0 Å². The summed E-state index contributed by atoms with van der Waals surface area (Å²) in [5.74, 6) is 0.985. The van der Waals surface area contributed by atoms with Crippen LogP contribution in [0, 0.1) is 11.3 Å². The number of allylic oxidation sites excluding steroid dienone is 5. The van der Waals surface area contributed by atoms with Crippen LogP contribution < -0.4 is 0 Å². The van der Waals surface area contributed by atoms with E-state index in [1.165, 1.54) is 74.5 Å². The fourth-order valence-electron chi connectivity index (χ4n) is 8.37. The lowest BCUT2D eigenvalue weighted by molar-refractivity contribution is 0.102. The van der Waals surface area contributed by atoms with Gasteiger partial charge in [0.15, 0.2) is 0 Å². The van der Waals surface area contributed by atoms with Crippen LogP contribution >= 0.6 is 0 Å². The van der Waals surface area contributed by atoms with Crippen LogP contribution in [0.5, 0.6) is 0 Å². The minimum absolute atomic E-state index is 0.191.